The fourth-order valence-corrected chi connectivity index (χ4v) is 3.24. The number of H-pyrrole nitrogens is 1. The number of halogens is 1. The summed E-state index contributed by atoms with van der Waals surface area (Å²) < 4.78 is 18.8. The number of carbonyl (C=O) groups is 1. The molecular weight excluding hydrogens is 347 g/mol. The van der Waals surface area contributed by atoms with Crippen molar-refractivity contribution in [1.29, 1.82) is 0 Å². The van der Waals surface area contributed by atoms with Crippen molar-refractivity contribution >= 4 is 5.91 Å². The van der Waals surface area contributed by atoms with Gasteiger partial charge in [-0.3, -0.25) is 14.9 Å². The van der Waals surface area contributed by atoms with E-state index < -0.39 is 0 Å². The molecule has 3 heterocycles. The van der Waals surface area contributed by atoms with Gasteiger partial charge < -0.3 is 9.64 Å². The molecule has 1 N–H and O–H groups in total. The number of aromatic amines is 1. The summed E-state index contributed by atoms with van der Waals surface area (Å²) in [4.78, 5) is 18.3. The number of benzene rings is 1. The molecule has 3 aromatic rings. The third kappa shape index (κ3) is 3.97. The maximum absolute atomic E-state index is 13.2. The Labute approximate surface area is 156 Å². The van der Waals surface area contributed by atoms with Crippen LogP contribution in [-0.4, -0.2) is 39.1 Å². The van der Waals surface area contributed by atoms with Crippen molar-refractivity contribution in [2.45, 2.75) is 18.9 Å². The zero-order chi connectivity index (χ0) is 18.6. The highest BCUT2D eigenvalue weighted by molar-refractivity contribution is 5.94. The van der Waals surface area contributed by atoms with Gasteiger partial charge in [0.25, 0.3) is 5.91 Å². The van der Waals surface area contributed by atoms with E-state index in [1.165, 1.54) is 12.1 Å². The van der Waals surface area contributed by atoms with Crippen molar-refractivity contribution in [3.8, 4) is 5.75 Å². The fourth-order valence-electron chi connectivity index (χ4n) is 3.24. The molecular formula is C20H19FN4O2. The van der Waals surface area contributed by atoms with E-state index in [9.17, 15) is 9.18 Å². The highest BCUT2D eigenvalue weighted by Gasteiger charge is 2.29. The van der Waals surface area contributed by atoms with Gasteiger partial charge in [-0.25, -0.2) is 4.39 Å². The number of amides is 1. The van der Waals surface area contributed by atoms with Crippen molar-refractivity contribution in [3.63, 3.8) is 0 Å². The predicted molar refractivity (Wildman–Crippen MR) is 96.8 cm³/mol. The van der Waals surface area contributed by atoms with Gasteiger partial charge in [-0.2, -0.15) is 5.10 Å². The number of hydrogen-bond acceptors (Lipinski definition) is 4. The zero-order valence-corrected chi connectivity index (χ0v) is 14.6. The Morgan fingerprint density at radius 1 is 1.26 bits per heavy atom. The van der Waals surface area contributed by atoms with Crippen LogP contribution in [0.5, 0.6) is 5.75 Å². The van der Waals surface area contributed by atoms with Crippen LogP contribution in [0.15, 0.2) is 54.9 Å². The highest BCUT2D eigenvalue weighted by Crippen LogP contribution is 2.27. The topological polar surface area (TPSA) is 71.1 Å². The molecule has 138 valence electrons. The summed E-state index contributed by atoms with van der Waals surface area (Å²) in [5.41, 5.74) is 2.38. The molecule has 1 aliphatic heterocycles. The average Bonchev–Trinajstić information content (AvgIpc) is 3.36. The molecule has 0 bridgehead atoms. The van der Waals surface area contributed by atoms with E-state index in [-0.39, 0.29) is 24.2 Å². The molecule has 6 nitrogen and oxygen atoms in total. The van der Waals surface area contributed by atoms with Crippen molar-refractivity contribution < 1.29 is 13.9 Å². The van der Waals surface area contributed by atoms with E-state index in [1.807, 2.05) is 11.0 Å². The van der Waals surface area contributed by atoms with E-state index in [1.54, 1.807) is 36.7 Å². The number of nitrogens with one attached hydrogen (secondary N) is 1. The number of likely N-dealkylation sites (tertiary alicyclic amines) is 1. The molecule has 7 heteroatoms. The lowest BCUT2D eigenvalue weighted by atomic mass is 10.1. The Morgan fingerprint density at radius 2 is 2.11 bits per heavy atom. The first-order chi connectivity index (χ1) is 13.2. The molecule has 0 spiro atoms. The SMILES string of the molecule is O=C(c1ccncc1)N1CCC(c2cc(COc3cccc(F)c3)[nH]n2)C1. The van der Waals surface area contributed by atoms with Gasteiger partial charge in [-0.15, -0.1) is 0 Å². The summed E-state index contributed by atoms with van der Waals surface area (Å²) in [5, 5.41) is 7.33. The summed E-state index contributed by atoms with van der Waals surface area (Å²) in [7, 11) is 0. The van der Waals surface area contributed by atoms with Gasteiger partial charge in [0.15, 0.2) is 0 Å². The summed E-state index contributed by atoms with van der Waals surface area (Å²) in [6.45, 7) is 1.62. The molecule has 27 heavy (non-hydrogen) atoms. The molecule has 0 aliphatic carbocycles. The van der Waals surface area contributed by atoms with Crippen LogP contribution in [-0.2, 0) is 6.61 Å². The lowest BCUT2D eigenvalue weighted by Gasteiger charge is -2.15. The second-order valence-electron chi connectivity index (χ2n) is 6.54. The summed E-state index contributed by atoms with van der Waals surface area (Å²) in [6, 6.07) is 11.4. The fraction of sp³-hybridized carbons (Fsp3) is 0.250. The predicted octanol–water partition coefficient (Wildman–Crippen LogP) is 3.15. The molecule has 1 saturated heterocycles. The Hall–Kier alpha value is -3.22. The second kappa shape index (κ2) is 7.57. The number of hydrogen-bond donors (Lipinski definition) is 1. The third-order valence-corrected chi connectivity index (χ3v) is 4.66. The smallest absolute Gasteiger partial charge is 0.253 e. The van der Waals surface area contributed by atoms with E-state index >= 15 is 0 Å². The first-order valence-corrected chi connectivity index (χ1v) is 8.81. The molecule has 2 aromatic heterocycles. The van der Waals surface area contributed by atoms with Crippen molar-refractivity contribution in [2.75, 3.05) is 13.1 Å². The van der Waals surface area contributed by atoms with E-state index in [0.29, 0.717) is 24.4 Å². The molecule has 1 atom stereocenters. The summed E-state index contributed by atoms with van der Waals surface area (Å²) in [5.74, 6) is 0.351. The lowest BCUT2D eigenvalue weighted by molar-refractivity contribution is 0.0790. The van der Waals surface area contributed by atoms with Gasteiger partial charge >= 0.3 is 0 Å². The Kier molecular flexibility index (Phi) is 4.82. The first-order valence-electron chi connectivity index (χ1n) is 8.81. The van der Waals surface area contributed by atoms with Crippen LogP contribution < -0.4 is 4.74 Å². The standard InChI is InChI=1S/C20H19FN4O2/c21-16-2-1-3-18(10-16)27-13-17-11-19(24-23-17)15-6-9-25(12-15)20(26)14-4-7-22-8-5-14/h1-5,7-8,10-11,15H,6,9,12-13H2,(H,23,24). The molecule has 1 aliphatic rings. The Balaban J connectivity index is 1.36. The van der Waals surface area contributed by atoms with Crippen LogP contribution in [0.1, 0.15) is 34.1 Å². The Morgan fingerprint density at radius 3 is 2.93 bits per heavy atom. The molecule has 1 amide bonds. The van der Waals surface area contributed by atoms with Crippen LogP contribution in [0, 0.1) is 5.82 Å². The minimum atomic E-state index is -0.331. The molecule has 1 aromatic carbocycles. The second-order valence-corrected chi connectivity index (χ2v) is 6.54. The van der Waals surface area contributed by atoms with Gasteiger partial charge in [-0.1, -0.05) is 6.07 Å². The van der Waals surface area contributed by atoms with Crippen LogP contribution in [0.4, 0.5) is 4.39 Å². The number of aromatic nitrogens is 3. The van der Waals surface area contributed by atoms with E-state index in [2.05, 4.69) is 15.2 Å². The maximum Gasteiger partial charge on any atom is 0.253 e. The third-order valence-electron chi connectivity index (χ3n) is 4.66. The number of carbonyl (C=O) groups excluding carboxylic acids is 1. The maximum atomic E-state index is 13.2. The first kappa shape index (κ1) is 17.2. The van der Waals surface area contributed by atoms with E-state index in [4.69, 9.17) is 4.74 Å². The molecule has 0 saturated carbocycles. The normalized spacial score (nSPS) is 16.5. The monoisotopic (exact) mass is 366 g/mol. The molecule has 0 radical (unpaired) electrons. The largest absolute Gasteiger partial charge is 0.487 e. The van der Waals surface area contributed by atoms with Crippen LogP contribution in [0.3, 0.4) is 0 Å². The molecule has 4 rings (SSSR count). The minimum absolute atomic E-state index is 0.0186. The van der Waals surface area contributed by atoms with Crippen molar-refractivity contribution in [1.82, 2.24) is 20.1 Å². The average molecular weight is 366 g/mol. The number of pyridine rings is 1. The molecule has 1 fully saturated rings. The Bertz CT molecular complexity index is 928. The summed E-state index contributed by atoms with van der Waals surface area (Å²) in [6.07, 6.45) is 4.12. The quantitative estimate of drug-likeness (QED) is 0.753. The summed E-state index contributed by atoms with van der Waals surface area (Å²) >= 11 is 0. The van der Waals surface area contributed by atoms with Gasteiger partial charge in [0.2, 0.25) is 0 Å². The van der Waals surface area contributed by atoms with Crippen molar-refractivity contribution in [3.05, 3.63) is 77.6 Å². The van der Waals surface area contributed by atoms with Crippen LogP contribution >= 0.6 is 0 Å². The van der Waals surface area contributed by atoms with Crippen LogP contribution in [0.2, 0.25) is 0 Å². The van der Waals surface area contributed by atoms with Gasteiger partial charge in [-0.05, 0) is 36.8 Å². The van der Waals surface area contributed by atoms with Gasteiger partial charge in [0.05, 0.1) is 11.4 Å². The number of rotatable bonds is 5. The van der Waals surface area contributed by atoms with Gasteiger partial charge in [0.1, 0.15) is 18.2 Å². The van der Waals surface area contributed by atoms with Gasteiger partial charge in [0, 0.05) is 43.0 Å². The number of nitrogens with zero attached hydrogens (tertiary/aromatic N) is 3. The molecule has 1 unspecified atom stereocenters. The van der Waals surface area contributed by atoms with Crippen LogP contribution in [0.25, 0.3) is 0 Å². The zero-order valence-electron chi connectivity index (χ0n) is 14.6. The highest BCUT2D eigenvalue weighted by atomic mass is 19.1. The van der Waals surface area contributed by atoms with Crippen molar-refractivity contribution in [2.24, 2.45) is 0 Å². The van der Waals surface area contributed by atoms with E-state index in [0.717, 1.165) is 17.8 Å². The minimum Gasteiger partial charge on any atom is -0.487 e. The lowest BCUT2D eigenvalue weighted by Crippen LogP contribution is -2.28. The number of ether oxygens (including phenoxy) is 1.